The lowest BCUT2D eigenvalue weighted by Crippen LogP contribution is -2.45. The van der Waals surface area contributed by atoms with Crippen molar-refractivity contribution in [3.63, 3.8) is 0 Å². The summed E-state index contributed by atoms with van der Waals surface area (Å²) in [6.45, 7) is 0. The zero-order chi connectivity index (χ0) is 22.2. The molecule has 0 radical (unpaired) electrons. The molecule has 0 fully saturated rings. The van der Waals surface area contributed by atoms with E-state index >= 15 is 0 Å². The molecule has 0 bridgehead atoms. The maximum absolute atomic E-state index is 12.4. The highest BCUT2D eigenvalue weighted by Crippen LogP contribution is 2.19. The van der Waals surface area contributed by atoms with E-state index in [9.17, 15) is 24.9 Å². The van der Waals surface area contributed by atoms with Gasteiger partial charge in [-0.25, -0.2) is 4.79 Å². The third kappa shape index (κ3) is 6.01. The fourth-order valence-electron chi connectivity index (χ4n) is 2.97. The van der Waals surface area contributed by atoms with E-state index in [0.29, 0.717) is 22.4 Å². The van der Waals surface area contributed by atoms with Gasteiger partial charge in [0, 0.05) is 11.8 Å². The van der Waals surface area contributed by atoms with Gasteiger partial charge in [0.1, 0.15) is 11.9 Å². The molecule has 0 aromatic heterocycles. The molecule has 0 spiro atoms. The molecular formula is C24H22N2O5. The van der Waals surface area contributed by atoms with Crippen LogP contribution in [0.2, 0.25) is 0 Å². The van der Waals surface area contributed by atoms with E-state index in [2.05, 4.69) is 10.3 Å². The number of nitrogens with zero attached hydrogens (tertiary/aromatic N) is 1. The number of benzene rings is 3. The molecular weight excluding hydrogens is 396 g/mol. The van der Waals surface area contributed by atoms with E-state index in [-0.39, 0.29) is 12.2 Å². The monoisotopic (exact) mass is 418 g/mol. The molecule has 0 aliphatic rings. The molecule has 158 valence electrons. The van der Waals surface area contributed by atoms with Crippen LogP contribution in [0, 0.1) is 0 Å². The zero-order valence-corrected chi connectivity index (χ0v) is 16.6. The Morgan fingerprint density at radius 2 is 1.58 bits per heavy atom. The van der Waals surface area contributed by atoms with Crippen LogP contribution < -0.4 is 5.32 Å². The number of aliphatic hydroxyl groups excluding tert-OH is 1. The van der Waals surface area contributed by atoms with Crippen LogP contribution in [0.15, 0.2) is 83.9 Å². The maximum atomic E-state index is 12.4. The summed E-state index contributed by atoms with van der Waals surface area (Å²) in [5, 5.41) is 31.9. The highest BCUT2D eigenvalue weighted by molar-refractivity contribution is 5.86. The van der Waals surface area contributed by atoms with E-state index < -0.39 is 24.0 Å². The van der Waals surface area contributed by atoms with Gasteiger partial charge in [-0.05, 0) is 35.4 Å². The molecule has 0 heterocycles. The Hall–Kier alpha value is -3.97. The number of carboxylic acid groups (broad SMARTS) is 1. The number of aliphatic carboxylic acids is 1. The number of phenolic OH excluding ortho intramolecular Hbond substituents is 1. The normalized spacial score (nSPS) is 12.9. The van der Waals surface area contributed by atoms with Crippen molar-refractivity contribution in [2.24, 2.45) is 4.99 Å². The van der Waals surface area contributed by atoms with Gasteiger partial charge in [-0.1, -0.05) is 54.6 Å². The minimum Gasteiger partial charge on any atom is -0.507 e. The van der Waals surface area contributed by atoms with Crippen molar-refractivity contribution in [1.29, 1.82) is 0 Å². The van der Waals surface area contributed by atoms with Crippen LogP contribution in [0.4, 0.5) is 5.69 Å². The average Bonchev–Trinajstić information content (AvgIpc) is 2.78. The number of aliphatic hydroxyl groups is 1. The highest BCUT2D eigenvalue weighted by Gasteiger charge is 2.29. The van der Waals surface area contributed by atoms with Crippen LogP contribution in [0.25, 0.3) is 0 Å². The van der Waals surface area contributed by atoms with E-state index in [0.717, 1.165) is 0 Å². The first-order valence-electron chi connectivity index (χ1n) is 9.60. The van der Waals surface area contributed by atoms with Crippen LogP contribution in [0.5, 0.6) is 5.75 Å². The van der Waals surface area contributed by atoms with Gasteiger partial charge >= 0.3 is 5.97 Å². The number of aliphatic imine (C=N–C) groups is 1. The van der Waals surface area contributed by atoms with Gasteiger partial charge in [0.25, 0.3) is 0 Å². The molecule has 3 rings (SSSR count). The molecule has 7 heteroatoms. The molecule has 1 amide bonds. The number of phenols is 1. The summed E-state index contributed by atoms with van der Waals surface area (Å²) >= 11 is 0. The Labute approximate surface area is 179 Å². The van der Waals surface area contributed by atoms with E-state index in [4.69, 9.17) is 0 Å². The Bertz CT molecular complexity index is 1060. The molecule has 4 N–H and O–H groups in total. The number of amides is 1. The molecule has 0 aliphatic heterocycles. The number of nitrogens with one attached hydrogen (secondary N) is 1. The predicted molar refractivity (Wildman–Crippen MR) is 116 cm³/mol. The number of carbonyl (C=O) groups excluding carboxylic acids is 1. The van der Waals surface area contributed by atoms with Crippen LogP contribution in [-0.2, 0) is 16.0 Å². The summed E-state index contributed by atoms with van der Waals surface area (Å²) in [5.74, 6) is -1.71. The SMILES string of the molecule is O=C(Cc1ccc(N=Cc2ccccc2O)cc1)N[C@H](C(=O)O)[C@@H](O)c1ccccc1. The average molecular weight is 418 g/mol. The molecule has 3 aromatic rings. The lowest BCUT2D eigenvalue weighted by atomic mass is 10.0. The summed E-state index contributed by atoms with van der Waals surface area (Å²) in [6, 6.07) is 20.5. The number of aromatic hydroxyl groups is 1. The predicted octanol–water partition coefficient (Wildman–Crippen LogP) is 2.99. The maximum Gasteiger partial charge on any atom is 0.329 e. The van der Waals surface area contributed by atoms with Gasteiger partial charge in [-0.3, -0.25) is 9.79 Å². The number of hydrogen-bond donors (Lipinski definition) is 4. The second kappa shape index (κ2) is 10.2. The molecule has 0 saturated heterocycles. The van der Waals surface area contributed by atoms with Gasteiger partial charge in [0.05, 0.1) is 12.1 Å². The van der Waals surface area contributed by atoms with Crippen LogP contribution in [-0.4, -0.2) is 39.5 Å². The van der Waals surface area contributed by atoms with Crippen molar-refractivity contribution in [3.05, 3.63) is 95.6 Å². The number of hydrogen-bond acceptors (Lipinski definition) is 5. The summed E-state index contributed by atoms with van der Waals surface area (Å²) in [5.41, 5.74) is 2.29. The summed E-state index contributed by atoms with van der Waals surface area (Å²) in [6.07, 6.45) is 0.127. The largest absolute Gasteiger partial charge is 0.507 e. The third-order valence-electron chi connectivity index (χ3n) is 4.63. The Morgan fingerprint density at radius 1 is 0.935 bits per heavy atom. The molecule has 0 saturated carbocycles. The van der Waals surface area contributed by atoms with Gasteiger partial charge in [0.15, 0.2) is 6.04 Å². The van der Waals surface area contributed by atoms with E-state index in [1.54, 1.807) is 85.1 Å². The molecule has 3 aromatic carbocycles. The van der Waals surface area contributed by atoms with Crippen molar-refractivity contribution < 1.29 is 24.9 Å². The second-order valence-corrected chi connectivity index (χ2v) is 6.90. The molecule has 0 unspecified atom stereocenters. The van der Waals surface area contributed by atoms with Crippen molar-refractivity contribution >= 4 is 23.8 Å². The van der Waals surface area contributed by atoms with Crippen molar-refractivity contribution in [2.45, 2.75) is 18.6 Å². The number of para-hydroxylation sites is 1. The highest BCUT2D eigenvalue weighted by atomic mass is 16.4. The van der Waals surface area contributed by atoms with Crippen molar-refractivity contribution in [1.82, 2.24) is 5.32 Å². The molecule has 31 heavy (non-hydrogen) atoms. The smallest absolute Gasteiger partial charge is 0.329 e. The van der Waals surface area contributed by atoms with Crippen molar-refractivity contribution in [2.75, 3.05) is 0 Å². The quantitative estimate of drug-likeness (QED) is 0.419. The fourth-order valence-corrected chi connectivity index (χ4v) is 2.97. The van der Waals surface area contributed by atoms with Gasteiger partial charge in [-0.2, -0.15) is 0 Å². The first-order valence-corrected chi connectivity index (χ1v) is 9.60. The van der Waals surface area contributed by atoms with Gasteiger partial charge in [0.2, 0.25) is 5.91 Å². The minimum absolute atomic E-state index is 0.0469. The lowest BCUT2D eigenvalue weighted by molar-refractivity contribution is -0.145. The number of carbonyl (C=O) groups is 2. The third-order valence-corrected chi connectivity index (χ3v) is 4.63. The standard InChI is InChI=1S/C24H22N2O5/c27-20-9-5-4-8-18(20)15-25-19-12-10-16(11-13-19)14-21(28)26-22(24(30)31)23(29)17-6-2-1-3-7-17/h1-13,15,22-23,27,29H,14H2,(H,26,28)(H,30,31)/t22-,23-/m0/s1. The fraction of sp³-hybridized carbons (Fsp3) is 0.125. The Morgan fingerprint density at radius 3 is 2.23 bits per heavy atom. The molecule has 0 aliphatic carbocycles. The number of rotatable bonds is 8. The van der Waals surface area contributed by atoms with E-state index in [1.165, 1.54) is 0 Å². The van der Waals surface area contributed by atoms with Crippen LogP contribution >= 0.6 is 0 Å². The summed E-state index contributed by atoms with van der Waals surface area (Å²) in [7, 11) is 0. The topological polar surface area (TPSA) is 119 Å². The second-order valence-electron chi connectivity index (χ2n) is 6.90. The van der Waals surface area contributed by atoms with Crippen LogP contribution in [0.1, 0.15) is 22.8 Å². The first kappa shape index (κ1) is 21.7. The first-order chi connectivity index (χ1) is 14.9. The minimum atomic E-state index is -1.46. The van der Waals surface area contributed by atoms with Crippen LogP contribution in [0.3, 0.4) is 0 Å². The molecule has 2 atom stereocenters. The Balaban J connectivity index is 1.62. The van der Waals surface area contributed by atoms with Gasteiger partial charge < -0.3 is 20.6 Å². The lowest BCUT2D eigenvalue weighted by Gasteiger charge is -2.20. The number of carboxylic acids is 1. The van der Waals surface area contributed by atoms with E-state index in [1.807, 2.05) is 0 Å². The zero-order valence-electron chi connectivity index (χ0n) is 16.6. The Kier molecular flexibility index (Phi) is 7.13. The summed E-state index contributed by atoms with van der Waals surface area (Å²) in [4.78, 5) is 28.2. The van der Waals surface area contributed by atoms with Gasteiger partial charge in [-0.15, -0.1) is 0 Å². The van der Waals surface area contributed by atoms with Crippen molar-refractivity contribution in [3.8, 4) is 5.75 Å². The summed E-state index contributed by atoms with van der Waals surface area (Å²) < 4.78 is 0. The molecule has 7 nitrogen and oxygen atoms in total.